The van der Waals surface area contributed by atoms with Crippen molar-refractivity contribution < 1.29 is 19.4 Å². The summed E-state index contributed by atoms with van der Waals surface area (Å²) < 4.78 is 5.42. The van der Waals surface area contributed by atoms with Crippen LogP contribution in [0.15, 0.2) is 24.3 Å². The Labute approximate surface area is 155 Å². The molecule has 0 aromatic heterocycles. The van der Waals surface area contributed by atoms with E-state index < -0.39 is 17.0 Å². The first kappa shape index (κ1) is 20.2. The molecule has 6 heteroatoms. The van der Waals surface area contributed by atoms with Gasteiger partial charge >= 0.3 is 12.1 Å². The van der Waals surface area contributed by atoms with E-state index in [9.17, 15) is 14.7 Å². The van der Waals surface area contributed by atoms with E-state index in [1.54, 1.807) is 18.7 Å². The summed E-state index contributed by atoms with van der Waals surface area (Å²) in [5, 5.41) is 9.31. The Morgan fingerprint density at radius 1 is 1.00 bits per heavy atom. The monoisotopic (exact) mass is 362 g/mol. The van der Waals surface area contributed by atoms with Gasteiger partial charge < -0.3 is 14.7 Å². The Morgan fingerprint density at radius 3 is 2.00 bits per heavy atom. The number of piperazine rings is 1. The van der Waals surface area contributed by atoms with Crippen molar-refractivity contribution in [2.75, 3.05) is 26.2 Å². The van der Waals surface area contributed by atoms with Crippen LogP contribution in [0.25, 0.3) is 0 Å². The molecular weight excluding hydrogens is 332 g/mol. The standard InChI is InChI=1S/C20H30N2O4/c1-19(2,3)26-18(25)22-12-10-21(11-13-22)14-15-6-8-16(9-7-15)20(4,5)17(23)24/h6-9H,10-14H2,1-5H3,(H,23,24). The minimum Gasteiger partial charge on any atom is -0.481 e. The quantitative estimate of drug-likeness (QED) is 0.891. The number of benzene rings is 1. The van der Waals surface area contributed by atoms with E-state index in [0.29, 0.717) is 13.1 Å². The number of carbonyl (C=O) groups excluding carboxylic acids is 1. The minimum absolute atomic E-state index is 0.252. The van der Waals surface area contributed by atoms with Gasteiger partial charge in [0.05, 0.1) is 5.41 Å². The fourth-order valence-corrected chi connectivity index (χ4v) is 2.82. The van der Waals surface area contributed by atoms with Gasteiger partial charge in [0.2, 0.25) is 0 Å². The van der Waals surface area contributed by atoms with Crippen molar-refractivity contribution in [3.05, 3.63) is 35.4 Å². The molecule has 1 aromatic carbocycles. The second-order valence-corrected chi connectivity index (χ2v) is 8.37. The molecule has 1 saturated heterocycles. The van der Waals surface area contributed by atoms with E-state index in [2.05, 4.69) is 4.90 Å². The smallest absolute Gasteiger partial charge is 0.410 e. The summed E-state index contributed by atoms with van der Waals surface area (Å²) in [6.07, 6.45) is -0.252. The molecule has 0 aliphatic carbocycles. The van der Waals surface area contributed by atoms with E-state index >= 15 is 0 Å². The number of rotatable bonds is 4. The summed E-state index contributed by atoms with van der Waals surface area (Å²) in [5.41, 5.74) is 0.571. The molecule has 1 N–H and O–H groups in total. The maximum atomic E-state index is 12.1. The van der Waals surface area contributed by atoms with Crippen LogP contribution in [0.2, 0.25) is 0 Å². The molecule has 144 valence electrons. The van der Waals surface area contributed by atoms with Crippen LogP contribution in [0, 0.1) is 0 Å². The van der Waals surface area contributed by atoms with E-state index in [1.165, 1.54) is 0 Å². The predicted octanol–water partition coefficient (Wildman–Crippen LogP) is 3.10. The molecule has 1 aromatic rings. The van der Waals surface area contributed by atoms with Crippen molar-refractivity contribution in [2.24, 2.45) is 0 Å². The molecule has 0 spiro atoms. The summed E-state index contributed by atoms with van der Waals surface area (Å²) in [5.74, 6) is -0.830. The fraction of sp³-hybridized carbons (Fsp3) is 0.600. The molecule has 0 atom stereocenters. The largest absolute Gasteiger partial charge is 0.481 e. The Morgan fingerprint density at radius 2 is 1.54 bits per heavy atom. The molecule has 2 rings (SSSR count). The third kappa shape index (κ3) is 5.21. The van der Waals surface area contributed by atoms with Crippen LogP contribution >= 0.6 is 0 Å². The number of hydrogen-bond acceptors (Lipinski definition) is 4. The first-order valence-corrected chi connectivity index (χ1v) is 9.02. The van der Waals surface area contributed by atoms with Gasteiger partial charge in [-0.05, 0) is 45.7 Å². The van der Waals surface area contributed by atoms with E-state index in [1.807, 2.05) is 45.0 Å². The Bertz CT molecular complexity index is 639. The van der Waals surface area contributed by atoms with E-state index in [0.717, 1.165) is 30.8 Å². The van der Waals surface area contributed by atoms with Crippen molar-refractivity contribution in [3.63, 3.8) is 0 Å². The molecule has 1 aliphatic rings. The lowest BCUT2D eigenvalue weighted by atomic mass is 9.84. The van der Waals surface area contributed by atoms with Gasteiger partial charge in [-0.3, -0.25) is 9.69 Å². The molecule has 0 bridgehead atoms. The highest BCUT2D eigenvalue weighted by Crippen LogP contribution is 2.24. The van der Waals surface area contributed by atoms with Crippen molar-refractivity contribution in [1.29, 1.82) is 0 Å². The van der Waals surface area contributed by atoms with Crippen molar-refractivity contribution in [2.45, 2.75) is 52.2 Å². The fourth-order valence-electron chi connectivity index (χ4n) is 2.82. The van der Waals surface area contributed by atoms with Gasteiger partial charge in [-0.1, -0.05) is 24.3 Å². The predicted molar refractivity (Wildman–Crippen MR) is 100 cm³/mol. The number of carboxylic acids is 1. The summed E-state index contributed by atoms with van der Waals surface area (Å²) in [6, 6.07) is 7.75. The summed E-state index contributed by atoms with van der Waals surface area (Å²) in [4.78, 5) is 27.5. The van der Waals surface area contributed by atoms with Crippen LogP contribution in [0.5, 0.6) is 0 Å². The van der Waals surface area contributed by atoms with Gasteiger partial charge in [0, 0.05) is 32.7 Å². The van der Waals surface area contributed by atoms with Crippen molar-refractivity contribution in [3.8, 4) is 0 Å². The summed E-state index contributed by atoms with van der Waals surface area (Å²) in [6.45, 7) is 12.7. The van der Waals surface area contributed by atoms with Crippen molar-refractivity contribution in [1.82, 2.24) is 9.80 Å². The van der Waals surface area contributed by atoms with Crippen LogP contribution < -0.4 is 0 Å². The third-order valence-electron chi connectivity index (χ3n) is 4.64. The summed E-state index contributed by atoms with van der Waals surface area (Å²) in [7, 11) is 0. The highest BCUT2D eigenvalue weighted by Gasteiger charge is 2.29. The Hall–Kier alpha value is -2.08. The van der Waals surface area contributed by atoms with Gasteiger partial charge in [0.15, 0.2) is 0 Å². The van der Waals surface area contributed by atoms with E-state index in [-0.39, 0.29) is 6.09 Å². The lowest BCUT2D eigenvalue weighted by Crippen LogP contribution is -2.49. The lowest BCUT2D eigenvalue weighted by Gasteiger charge is -2.35. The molecule has 0 radical (unpaired) electrons. The number of nitrogens with zero attached hydrogens (tertiary/aromatic N) is 2. The Balaban J connectivity index is 1.88. The first-order valence-electron chi connectivity index (χ1n) is 9.02. The number of carboxylic acid groups (broad SMARTS) is 1. The number of carbonyl (C=O) groups is 2. The van der Waals surface area contributed by atoms with Crippen molar-refractivity contribution >= 4 is 12.1 Å². The molecule has 0 unspecified atom stereocenters. The number of aliphatic carboxylic acids is 1. The first-order chi connectivity index (χ1) is 12.0. The Kier molecular flexibility index (Phi) is 5.96. The zero-order chi connectivity index (χ0) is 19.5. The average Bonchev–Trinajstić information content (AvgIpc) is 2.54. The van der Waals surface area contributed by atoms with Gasteiger partial charge in [-0.25, -0.2) is 4.79 Å². The maximum Gasteiger partial charge on any atom is 0.410 e. The topological polar surface area (TPSA) is 70.1 Å². The number of ether oxygens (including phenoxy) is 1. The van der Waals surface area contributed by atoms with Crippen LogP contribution in [0.4, 0.5) is 4.79 Å². The van der Waals surface area contributed by atoms with Gasteiger partial charge in [-0.2, -0.15) is 0 Å². The van der Waals surface area contributed by atoms with Crippen LogP contribution in [-0.2, 0) is 21.5 Å². The molecule has 0 saturated carbocycles. The molecule has 26 heavy (non-hydrogen) atoms. The molecule has 1 aliphatic heterocycles. The SMILES string of the molecule is CC(C)(C)OC(=O)N1CCN(Cc2ccc(C(C)(C)C(=O)O)cc2)CC1. The van der Waals surface area contributed by atoms with Crippen LogP contribution in [0.3, 0.4) is 0 Å². The van der Waals surface area contributed by atoms with Gasteiger partial charge in [-0.15, -0.1) is 0 Å². The van der Waals surface area contributed by atoms with Gasteiger partial charge in [0.1, 0.15) is 5.60 Å². The number of hydrogen-bond donors (Lipinski definition) is 1. The highest BCUT2D eigenvalue weighted by atomic mass is 16.6. The normalized spacial score (nSPS) is 16.4. The second-order valence-electron chi connectivity index (χ2n) is 8.37. The zero-order valence-corrected chi connectivity index (χ0v) is 16.4. The molecule has 6 nitrogen and oxygen atoms in total. The highest BCUT2D eigenvalue weighted by molar-refractivity contribution is 5.80. The van der Waals surface area contributed by atoms with E-state index in [4.69, 9.17) is 4.74 Å². The minimum atomic E-state index is -0.891. The average molecular weight is 362 g/mol. The number of amides is 1. The van der Waals surface area contributed by atoms with Crippen LogP contribution in [-0.4, -0.2) is 58.7 Å². The van der Waals surface area contributed by atoms with Crippen LogP contribution in [0.1, 0.15) is 45.7 Å². The molecular formula is C20H30N2O4. The summed E-state index contributed by atoms with van der Waals surface area (Å²) >= 11 is 0. The molecule has 1 amide bonds. The molecule has 1 fully saturated rings. The third-order valence-corrected chi connectivity index (χ3v) is 4.64. The van der Waals surface area contributed by atoms with Gasteiger partial charge in [0.25, 0.3) is 0 Å². The zero-order valence-electron chi connectivity index (χ0n) is 16.4. The maximum absolute atomic E-state index is 12.1. The lowest BCUT2D eigenvalue weighted by molar-refractivity contribution is -0.142. The molecule has 1 heterocycles. The second kappa shape index (κ2) is 7.66.